The second-order valence-electron chi connectivity index (χ2n) is 7.64. The summed E-state index contributed by atoms with van der Waals surface area (Å²) in [5.74, 6) is 0.408. The lowest BCUT2D eigenvalue weighted by Crippen LogP contribution is -2.42. The number of nitrogen functional groups attached to an aromatic ring is 1. The third-order valence-electron chi connectivity index (χ3n) is 5.68. The number of nitrogens with zero attached hydrogens (tertiary/aromatic N) is 2. The number of likely N-dealkylation sites (N-methyl/N-ethyl adjacent to an activating group) is 1. The average Bonchev–Trinajstić information content (AvgIpc) is 3.40. The molecule has 1 aliphatic heterocycles. The molecule has 0 bridgehead atoms. The van der Waals surface area contributed by atoms with Gasteiger partial charge in [0.25, 0.3) is 0 Å². The first kappa shape index (κ1) is 22.3. The van der Waals surface area contributed by atoms with Gasteiger partial charge < -0.3 is 15.4 Å². The van der Waals surface area contributed by atoms with Crippen molar-refractivity contribution in [2.45, 2.75) is 23.9 Å². The average molecular weight is 473 g/mol. The van der Waals surface area contributed by atoms with Crippen molar-refractivity contribution in [2.24, 2.45) is 5.73 Å². The van der Waals surface area contributed by atoms with Crippen molar-refractivity contribution in [1.29, 1.82) is 5.41 Å². The number of amides is 1. The number of fused-ring (bicyclic) bond motifs is 1. The zero-order valence-corrected chi connectivity index (χ0v) is 19.4. The van der Waals surface area contributed by atoms with Crippen LogP contribution in [0.15, 0.2) is 53.4 Å². The summed E-state index contributed by atoms with van der Waals surface area (Å²) in [7, 11) is -0.853. The van der Waals surface area contributed by atoms with Crippen LogP contribution in [0.4, 0.5) is 0 Å². The molecular weight excluding hydrogens is 448 g/mol. The molecule has 168 valence electrons. The van der Waals surface area contributed by atoms with Crippen LogP contribution in [0.5, 0.6) is 5.75 Å². The van der Waals surface area contributed by atoms with E-state index in [-0.39, 0.29) is 16.6 Å². The molecule has 1 saturated heterocycles. The summed E-state index contributed by atoms with van der Waals surface area (Å²) >= 11 is 1.36. The summed E-state index contributed by atoms with van der Waals surface area (Å²) in [4.78, 5) is 16.3. The first-order chi connectivity index (χ1) is 15.2. The zero-order valence-electron chi connectivity index (χ0n) is 17.7. The van der Waals surface area contributed by atoms with Crippen LogP contribution in [-0.2, 0) is 21.4 Å². The highest BCUT2D eigenvalue weighted by atomic mass is 32.2. The second-order valence-corrected chi connectivity index (χ2v) is 10.8. The molecule has 32 heavy (non-hydrogen) atoms. The number of nitrogens with one attached hydrogen (secondary N) is 1. The van der Waals surface area contributed by atoms with Crippen LogP contribution in [0, 0.1) is 5.41 Å². The van der Waals surface area contributed by atoms with Crippen LogP contribution >= 0.6 is 11.3 Å². The van der Waals surface area contributed by atoms with Gasteiger partial charge in [-0.1, -0.05) is 12.1 Å². The maximum Gasteiger partial charge on any atom is 0.243 e. The lowest BCUT2D eigenvalue weighted by molar-refractivity contribution is -0.131. The summed E-state index contributed by atoms with van der Waals surface area (Å²) < 4.78 is 33.0. The minimum Gasteiger partial charge on any atom is -0.497 e. The Kier molecular flexibility index (Phi) is 5.93. The second kappa shape index (κ2) is 8.53. The Balaban J connectivity index is 1.54. The number of amidine groups is 1. The van der Waals surface area contributed by atoms with E-state index in [1.807, 2.05) is 18.2 Å². The number of ether oxygens (including phenoxy) is 1. The molecule has 2 heterocycles. The van der Waals surface area contributed by atoms with E-state index in [0.717, 1.165) is 15.6 Å². The predicted octanol–water partition coefficient (Wildman–Crippen LogP) is 2.62. The number of likely N-dealkylation sites (tertiary alicyclic amines) is 1. The van der Waals surface area contributed by atoms with Crippen molar-refractivity contribution in [2.75, 3.05) is 20.7 Å². The van der Waals surface area contributed by atoms with Gasteiger partial charge in [0.1, 0.15) is 17.6 Å². The predicted molar refractivity (Wildman–Crippen MR) is 125 cm³/mol. The number of nitrogens with two attached hydrogens (primary N) is 1. The maximum absolute atomic E-state index is 13.3. The highest BCUT2D eigenvalue weighted by Gasteiger charge is 2.39. The molecule has 1 amide bonds. The zero-order chi connectivity index (χ0) is 23.0. The van der Waals surface area contributed by atoms with E-state index in [1.54, 1.807) is 42.3 Å². The van der Waals surface area contributed by atoms with Crippen LogP contribution < -0.4 is 10.5 Å². The topological polar surface area (TPSA) is 117 Å². The smallest absolute Gasteiger partial charge is 0.243 e. The van der Waals surface area contributed by atoms with E-state index in [0.29, 0.717) is 30.1 Å². The van der Waals surface area contributed by atoms with Crippen LogP contribution in [0.25, 0.3) is 10.8 Å². The molecule has 3 aromatic rings. The highest BCUT2D eigenvalue weighted by Crippen LogP contribution is 2.29. The Labute approximate surface area is 190 Å². The standard InChI is InChI=1S/C22H24N4O4S2/c1-25(19-9-10-26(22(19)27)13-17-6-8-20(31-17)21(23)24)32(28,29)18-7-4-14-3-5-16(30-2)11-15(14)12-18/h3-8,11-12,19H,9-10,13H2,1-2H3,(H3,23,24)/t19-/m0/s1. The fraction of sp³-hybridized carbons (Fsp3) is 0.273. The molecule has 0 aliphatic carbocycles. The van der Waals surface area contributed by atoms with Crippen LogP contribution in [0.3, 0.4) is 0 Å². The Morgan fingerprint density at radius 1 is 1.22 bits per heavy atom. The fourth-order valence-corrected chi connectivity index (χ4v) is 6.10. The summed E-state index contributed by atoms with van der Waals surface area (Å²) in [5.41, 5.74) is 5.51. The van der Waals surface area contributed by atoms with Gasteiger partial charge in [-0.2, -0.15) is 4.31 Å². The minimum absolute atomic E-state index is 0.00860. The molecule has 10 heteroatoms. The van der Waals surface area contributed by atoms with E-state index in [1.165, 1.54) is 22.7 Å². The number of benzene rings is 2. The molecule has 2 aromatic carbocycles. The Morgan fingerprint density at radius 3 is 2.66 bits per heavy atom. The molecule has 0 spiro atoms. The van der Waals surface area contributed by atoms with Gasteiger partial charge in [-0.25, -0.2) is 8.42 Å². The molecule has 1 aliphatic rings. The van der Waals surface area contributed by atoms with Gasteiger partial charge in [-0.15, -0.1) is 11.3 Å². The molecule has 1 fully saturated rings. The van der Waals surface area contributed by atoms with E-state index in [9.17, 15) is 13.2 Å². The minimum atomic E-state index is -3.87. The van der Waals surface area contributed by atoms with Crippen LogP contribution in [0.2, 0.25) is 0 Å². The summed E-state index contributed by atoms with van der Waals surface area (Å²) in [6, 6.07) is 13.2. The lowest BCUT2D eigenvalue weighted by Gasteiger charge is -2.23. The SMILES string of the molecule is COc1ccc2ccc(S(=O)(=O)N(C)[C@H]3CCN(Cc4ccc(C(=N)N)s4)C3=O)cc2c1. The van der Waals surface area contributed by atoms with Crippen molar-refractivity contribution in [3.8, 4) is 5.75 Å². The molecule has 0 radical (unpaired) electrons. The number of hydrogen-bond acceptors (Lipinski definition) is 6. The molecule has 1 atom stereocenters. The first-order valence-corrected chi connectivity index (χ1v) is 12.2. The van der Waals surface area contributed by atoms with Crippen LogP contribution in [0.1, 0.15) is 16.2 Å². The normalized spacial score (nSPS) is 16.8. The van der Waals surface area contributed by atoms with E-state index >= 15 is 0 Å². The van der Waals surface area contributed by atoms with Crippen LogP contribution in [-0.4, -0.2) is 56.1 Å². The lowest BCUT2D eigenvalue weighted by atomic mass is 10.1. The van der Waals surface area contributed by atoms with Crippen molar-refractivity contribution >= 4 is 43.9 Å². The molecule has 0 saturated carbocycles. The third kappa shape index (κ3) is 4.08. The molecule has 8 nitrogen and oxygen atoms in total. The van der Waals surface area contributed by atoms with Gasteiger partial charge in [-0.05, 0) is 53.6 Å². The van der Waals surface area contributed by atoms with Gasteiger partial charge in [0.05, 0.1) is 23.4 Å². The van der Waals surface area contributed by atoms with E-state index in [2.05, 4.69) is 0 Å². The van der Waals surface area contributed by atoms with Gasteiger partial charge >= 0.3 is 0 Å². The molecular formula is C22H24N4O4S2. The Morgan fingerprint density at radius 2 is 1.97 bits per heavy atom. The van der Waals surface area contributed by atoms with Crippen molar-refractivity contribution in [1.82, 2.24) is 9.21 Å². The Hall–Kier alpha value is -2.95. The third-order valence-corrected chi connectivity index (χ3v) is 8.64. The highest BCUT2D eigenvalue weighted by molar-refractivity contribution is 7.89. The number of methoxy groups -OCH3 is 1. The molecule has 0 unspecified atom stereocenters. The summed E-state index contributed by atoms with van der Waals surface area (Å²) in [6.07, 6.45) is 0.418. The van der Waals surface area contributed by atoms with Gasteiger partial charge in [0, 0.05) is 18.5 Å². The van der Waals surface area contributed by atoms with Crippen molar-refractivity contribution in [3.05, 3.63) is 58.3 Å². The molecule has 1 aromatic heterocycles. The number of thiophene rings is 1. The van der Waals surface area contributed by atoms with E-state index < -0.39 is 16.1 Å². The first-order valence-electron chi connectivity index (χ1n) is 9.98. The fourth-order valence-electron chi connectivity index (χ4n) is 3.84. The number of carbonyl (C=O) groups excluding carboxylic acids is 1. The van der Waals surface area contributed by atoms with Gasteiger partial charge in [-0.3, -0.25) is 10.2 Å². The number of hydrogen-bond donors (Lipinski definition) is 2. The van der Waals surface area contributed by atoms with Crippen molar-refractivity contribution in [3.63, 3.8) is 0 Å². The number of carbonyl (C=O) groups is 1. The quantitative estimate of drug-likeness (QED) is 0.405. The molecule has 3 N–H and O–H groups in total. The maximum atomic E-state index is 13.3. The van der Waals surface area contributed by atoms with Gasteiger partial charge in [0.15, 0.2) is 0 Å². The largest absolute Gasteiger partial charge is 0.497 e. The number of sulfonamides is 1. The Bertz CT molecular complexity index is 1300. The molecule has 4 rings (SSSR count). The van der Waals surface area contributed by atoms with E-state index in [4.69, 9.17) is 15.9 Å². The number of rotatable bonds is 7. The summed E-state index contributed by atoms with van der Waals surface area (Å²) in [6.45, 7) is 0.836. The van der Waals surface area contributed by atoms with Crippen molar-refractivity contribution < 1.29 is 17.9 Å². The van der Waals surface area contributed by atoms with Gasteiger partial charge in [0.2, 0.25) is 15.9 Å². The monoisotopic (exact) mass is 472 g/mol. The summed E-state index contributed by atoms with van der Waals surface area (Å²) in [5, 5.41) is 9.16.